The van der Waals surface area contributed by atoms with E-state index >= 15 is 0 Å². The highest BCUT2D eigenvalue weighted by molar-refractivity contribution is 5.93. The number of rotatable bonds is 69. The van der Waals surface area contributed by atoms with Crippen LogP contribution >= 0.6 is 0 Å². The number of aromatic nitrogens is 4. The molecule has 9 rings (SSSR count). The lowest BCUT2D eigenvalue weighted by molar-refractivity contribution is -0.143. The Morgan fingerprint density at radius 2 is 0.633 bits per heavy atom. The first-order chi connectivity index (χ1) is 71.0. The zero-order chi connectivity index (χ0) is 109. The molecular weight excluding hydrogens is 1920 g/mol. The number of aromatic hydroxyl groups is 4. The van der Waals surface area contributed by atoms with Gasteiger partial charge in [-0.3, -0.25) is 19.2 Å². The number of nitrogens with one attached hydrogen (secondary N) is 4. The van der Waals surface area contributed by atoms with Crippen molar-refractivity contribution in [1.82, 2.24) is 19.9 Å². The van der Waals surface area contributed by atoms with Gasteiger partial charge in [-0.25, -0.2) is 8.78 Å². The Morgan fingerprint density at radius 3 is 0.878 bits per heavy atom. The smallest absolute Gasteiger partial charge is 0.320 e. The fourth-order valence-corrected chi connectivity index (χ4v) is 11.8. The number of phenols is 4. The predicted octanol–water partition coefficient (Wildman–Crippen LogP) is 15.3. The molecule has 1 saturated heterocycles. The number of halogens is 2. The molecule has 1 fully saturated rings. The van der Waals surface area contributed by atoms with Crippen molar-refractivity contribution >= 4 is 67.3 Å². The maximum atomic E-state index is 12.6. The number of Topliss-reactive ketones (excluding diaryl/α,β-unsaturated/α-hetero) is 1. The molecule has 0 saturated carbocycles. The maximum absolute atomic E-state index is 12.6. The molecule has 2 atom stereocenters. The van der Waals surface area contributed by atoms with E-state index in [0.717, 1.165) is 217 Å². The first-order valence-corrected chi connectivity index (χ1v) is 50.6. The number of aliphatic hydroxyl groups excluding tert-OH is 2. The van der Waals surface area contributed by atoms with E-state index in [1.54, 1.807) is 97.6 Å². The Labute approximate surface area is 868 Å². The number of nitrogens with two attached hydrogens (primary N) is 3. The zero-order valence-electron chi connectivity index (χ0n) is 88.1. The van der Waals surface area contributed by atoms with E-state index in [4.69, 9.17) is 124 Å². The lowest BCUT2D eigenvalue weighted by Crippen LogP contribution is -2.32. The molecule has 1 aliphatic heterocycles. The van der Waals surface area contributed by atoms with Gasteiger partial charge < -0.3 is 164 Å². The van der Waals surface area contributed by atoms with Crippen molar-refractivity contribution in [3.05, 3.63) is 130 Å². The summed E-state index contributed by atoms with van der Waals surface area (Å²) < 4.78 is 109. The summed E-state index contributed by atoms with van der Waals surface area (Å²) in [4.78, 5) is 60.2. The second kappa shape index (κ2) is 108. The molecule has 0 aliphatic carbocycles. The van der Waals surface area contributed by atoms with E-state index in [0.29, 0.717) is 138 Å². The summed E-state index contributed by atoms with van der Waals surface area (Å²) >= 11 is 0. The molecule has 1 aliphatic rings. The second-order valence-corrected chi connectivity index (χ2v) is 31.5. The number of carbonyl (C=O) groups excluding carboxylic acids is 1. The summed E-state index contributed by atoms with van der Waals surface area (Å²) in [5.41, 5.74) is 30.0. The average molecular weight is 2100 g/mol. The Hall–Kier alpha value is -9.39. The highest BCUT2D eigenvalue weighted by Crippen LogP contribution is 2.29. The van der Waals surface area contributed by atoms with Gasteiger partial charge in [0.1, 0.15) is 48.2 Å². The van der Waals surface area contributed by atoms with Gasteiger partial charge in [0.05, 0.1) is 178 Å². The van der Waals surface area contributed by atoms with Crippen LogP contribution in [0.5, 0.6) is 23.0 Å². The maximum Gasteiger partial charge on any atom is 0.320 e. The van der Waals surface area contributed by atoms with Crippen LogP contribution < -0.4 is 17.2 Å². The largest absolute Gasteiger partial charge is 0.508 e. The number of H-pyrrole nitrogens is 4. The summed E-state index contributed by atoms with van der Waals surface area (Å²) in [5, 5.41) is 87.9. The van der Waals surface area contributed by atoms with Gasteiger partial charge in [0, 0.05) is 185 Å². The van der Waals surface area contributed by atoms with Gasteiger partial charge in [-0.2, -0.15) is 0 Å². The predicted molar refractivity (Wildman–Crippen MR) is 569 cm³/mol. The minimum absolute atomic E-state index is 0. The molecule has 0 bridgehead atoms. The van der Waals surface area contributed by atoms with Crippen LogP contribution in [0.3, 0.4) is 0 Å². The molecule has 4 aromatic carbocycles. The summed E-state index contributed by atoms with van der Waals surface area (Å²) in [6, 6.07) is 18.5. The van der Waals surface area contributed by atoms with Crippen molar-refractivity contribution in [2.45, 2.75) is 179 Å². The van der Waals surface area contributed by atoms with Gasteiger partial charge in [-0.15, -0.1) is 0 Å². The molecule has 147 heavy (non-hydrogen) atoms. The molecule has 5 heterocycles. The number of nitrogens with zero attached hydrogens (tertiary/aromatic N) is 3. The normalized spacial score (nSPS) is 11.3. The molecule has 42 heteroatoms. The number of ketones is 1. The fourth-order valence-electron chi connectivity index (χ4n) is 11.8. The van der Waals surface area contributed by atoms with Gasteiger partial charge >= 0.3 is 17.9 Å². The zero-order valence-corrected chi connectivity index (χ0v) is 88.1. The van der Waals surface area contributed by atoms with Crippen LogP contribution in [0.25, 0.3) is 54.1 Å². The van der Waals surface area contributed by atoms with Crippen LogP contribution in [0, 0.1) is 5.92 Å². The Kier molecular flexibility index (Phi) is 106. The van der Waals surface area contributed by atoms with Crippen LogP contribution in [0.1, 0.15) is 169 Å². The van der Waals surface area contributed by atoms with Crippen LogP contribution in [-0.4, -0.2) is 366 Å². The lowest BCUT2D eigenvalue weighted by Gasteiger charge is -2.11. The van der Waals surface area contributed by atoms with Crippen molar-refractivity contribution in [2.75, 3.05) is 271 Å². The molecule has 0 unspecified atom stereocenters. The van der Waals surface area contributed by atoms with E-state index in [2.05, 4.69) is 78.4 Å². The Morgan fingerprint density at radius 1 is 0.374 bits per heavy atom. The average Bonchev–Trinajstić information content (AvgIpc) is 1.69. The number of aromatic amines is 4. The van der Waals surface area contributed by atoms with Gasteiger partial charge in [0.15, 0.2) is 0 Å². The second-order valence-electron chi connectivity index (χ2n) is 31.5. The van der Waals surface area contributed by atoms with Crippen LogP contribution in [-0.2, 0) is 125 Å². The summed E-state index contributed by atoms with van der Waals surface area (Å²) in [6.45, 7) is 41.7. The number of carboxylic acid groups (broad SMARTS) is 3. The number of alkyl halides is 2. The SMILES string of the molecule is C.C1CCOC1.CCCOCCOCCC.CCCOCCOCCC.CCCOCCOCCF.CCCOCCOCCF.CCCOCCOCCN.CCCOCCOCCN.CCCOCCOCCN=[N+]=[N-].N[C@@H](Cc1c[nH]c2ccc(O)cc12)C(=O)O.O=C(Cc1c[nH]c2ccc(O)cc12)C[C@@H](Cc1c[nH]c2ccc(O)cc12)C(=O)O.O=C(O)Cc1c[nH]c2ccc(O)cc12.OCCOCCOCCO. The van der Waals surface area contributed by atoms with Crippen molar-refractivity contribution in [2.24, 2.45) is 28.2 Å². The summed E-state index contributed by atoms with van der Waals surface area (Å²) in [7, 11) is 0. The molecule has 40 nitrogen and oxygen atoms in total. The third-order valence-corrected chi connectivity index (χ3v) is 18.6. The molecule has 0 radical (unpaired) electrons. The summed E-state index contributed by atoms with van der Waals surface area (Å²) in [6.07, 6.45) is 19.3. The van der Waals surface area contributed by atoms with Crippen LogP contribution in [0.15, 0.2) is 103 Å². The van der Waals surface area contributed by atoms with Crippen LogP contribution in [0.4, 0.5) is 8.78 Å². The van der Waals surface area contributed by atoms with Crippen molar-refractivity contribution in [1.29, 1.82) is 0 Å². The number of benzene rings is 4. The number of aliphatic carboxylic acids is 3. The van der Waals surface area contributed by atoms with Crippen LogP contribution in [0.2, 0.25) is 0 Å². The topological polar surface area (TPSA) is 597 Å². The van der Waals surface area contributed by atoms with Gasteiger partial charge in [0.25, 0.3) is 0 Å². The van der Waals surface area contributed by atoms with Crippen molar-refractivity contribution in [3.8, 4) is 23.0 Å². The molecule has 0 spiro atoms. The molecular formula is C105H182F2N10O30. The highest BCUT2D eigenvalue weighted by atomic mass is 19.1. The first-order valence-electron chi connectivity index (χ1n) is 50.6. The first kappa shape index (κ1) is 144. The Balaban J connectivity index is -0.000000780. The van der Waals surface area contributed by atoms with Crippen molar-refractivity contribution < 1.29 is 154 Å². The number of azide groups is 1. The minimum atomic E-state index is -1.04. The van der Waals surface area contributed by atoms with Gasteiger partial charge in [-0.1, -0.05) is 74.9 Å². The molecule has 4 aromatic heterocycles. The number of aliphatic hydroxyl groups is 2. The third-order valence-electron chi connectivity index (χ3n) is 18.6. The van der Waals surface area contributed by atoms with Crippen molar-refractivity contribution in [3.63, 3.8) is 0 Å². The quantitative estimate of drug-likeness (QED) is 0.00728. The molecule has 8 aromatic rings. The number of hydrogen-bond donors (Lipinski definition) is 16. The minimum Gasteiger partial charge on any atom is -0.508 e. The molecule has 0 amide bonds. The Bertz CT molecular complexity index is 4110. The molecule has 19 N–H and O–H groups in total. The van der Waals surface area contributed by atoms with E-state index in [1.807, 2.05) is 13.8 Å². The van der Waals surface area contributed by atoms with E-state index in [9.17, 15) is 53.5 Å². The monoisotopic (exact) mass is 2100 g/mol. The number of hydrogen-bond acceptors (Lipinski definition) is 31. The molecule has 846 valence electrons. The number of carboxylic acids is 3. The highest BCUT2D eigenvalue weighted by Gasteiger charge is 2.25. The summed E-state index contributed by atoms with van der Waals surface area (Å²) in [5.74, 6) is -3.51. The third kappa shape index (κ3) is 86.0. The van der Waals surface area contributed by atoms with Gasteiger partial charge in [-0.05, 0) is 178 Å². The number of ether oxygens (including phenoxy) is 17. The van der Waals surface area contributed by atoms with E-state index in [-0.39, 0.29) is 94.7 Å². The number of fused-ring (bicyclic) bond motifs is 4. The standard InChI is InChI=1S/C22H20N2O5.C11H12N2O3.C10H9NO3.2C8H18O2.2C7H15FO2.C7H15N3O2.2C7H17NO2.C6H14O4.C4H8O.CH4/c25-15-1-3-20-18(8-15)13(10-23-20)5-12(22(28)29)6-17(27)7-14-11-24-21-4-2-16(26)9-19(14)21;12-9(11(15)16)3-6-5-13-10-2-1-7(14)4-8(6)10;12-7-1-2-9-8(4-7)6(5-11-9)3-10(13)14;2*1-3-5-9-7-8-10-6-4-2;2*1-2-4-9-6-7-10-5-3-8;1-2-4-11-6-7-12-5-3-9-10-8;2*1-2-4-9-6-7-10-5-3-8;7-1-3-9-5-6-10-4-2-8;1-2-4-5-3-1;/h1-4,8-12,23-26H,5-7H2,(H,28,29);1-2,4-5,9,13-14H,3,12H2,(H,15,16);1-2,4-5,11-12H,3H2,(H,13,14);2*3-8H2,1-2H3;2*2-7H2,1H3;2-7H2,1H3;2*2-8H2,1H3;7-8H,1-6H2;1-4H2;1H4/t12-;9-;;;;;;;;;;;/m10.........../s1. The van der Waals surface area contributed by atoms with E-state index in [1.165, 1.54) is 12.8 Å². The number of phenolic OH excluding ortho intramolecular Hbond substituents is 4. The lowest BCUT2D eigenvalue weighted by atomic mass is 9.92. The fraction of sp³-hybridized carbons (Fsp3) is 0.657. The van der Waals surface area contributed by atoms with Gasteiger partial charge in [0.2, 0.25) is 0 Å². The van der Waals surface area contributed by atoms with E-state index < -0.39 is 43.2 Å². The number of carbonyl (C=O) groups is 4.